The first-order chi connectivity index (χ1) is 7.13. The van der Waals surface area contributed by atoms with Crippen LogP contribution < -0.4 is 10.4 Å². The van der Waals surface area contributed by atoms with Crippen molar-refractivity contribution in [2.45, 2.75) is 27.7 Å². The van der Waals surface area contributed by atoms with E-state index >= 15 is 0 Å². The van der Waals surface area contributed by atoms with Gasteiger partial charge in [-0.1, -0.05) is 55.8 Å². The van der Waals surface area contributed by atoms with Crippen molar-refractivity contribution in [1.82, 2.24) is 0 Å². The van der Waals surface area contributed by atoms with Crippen LogP contribution >= 0.6 is 11.6 Å². The first-order valence-electron chi connectivity index (χ1n) is 5.22. The molecule has 0 N–H and O–H groups in total. The van der Waals surface area contributed by atoms with Gasteiger partial charge in [-0.05, 0) is 36.4 Å². The molecule has 0 bridgehead atoms. The summed E-state index contributed by atoms with van der Waals surface area (Å²) in [5.74, 6) is 0. The lowest BCUT2D eigenvalue weighted by Crippen LogP contribution is -2.23. The Morgan fingerprint density at radius 3 is 2.33 bits per heavy atom. The number of hydrogen-bond acceptors (Lipinski definition) is 0. The van der Waals surface area contributed by atoms with Crippen molar-refractivity contribution in [2.75, 3.05) is 0 Å². The van der Waals surface area contributed by atoms with Crippen LogP contribution in [0, 0.1) is 0 Å². The molecule has 0 aromatic heterocycles. The maximum Gasteiger partial charge on any atom is 0.0412 e. The van der Waals surface area contributed by atoms with Gasteiger partial charge in [0.05, 0.1) is 0 Å². The molecular weight excluding hydrogens is 204 g/mol. The Labute approximate surface area is 97.6 Å². The van der Waals surface area contributed by atoms with Crippen molar-refractivity contribution < 1.29 is 0 Å². The minimum absolute atomic E-state index is 0.762. The van der Waals surface area contributed by atoms with Crippen LogP contribution in [0.15, 0.2) is 30.4 Å². The fraction of sp³-hybridized carbons (Fsp3) is 0.286. The zero-order valence-electron chi connectivity index (χ0n) is 9.97. The number of allylic oxidation sites excluding steroid dienone is 1. The maximum absolute atomic E-state index is 5.89. The van der Waals surface area contributed by atoms with E-state index in [1.54, 1.807) is 0 Å². The van der Waals surface area contributed by atoms with Crippen molar-refractivity contribution in [1.29, 1.82) is 0 Å². The lowest BCUT2D eigenvalue weighted by atomic mass is 10.2. The molecule has 1 rings (SSSR count). The van der Waals surface area contributed by atoms with Gasteiger partial charge in [0.1, 0.15) is 0 Å². The highest BCUT2D eigenvalue weighted by Crippen LogP contribution is 2.00. The van der Waals surface area contributed by atoms with E-state index in [9.17, 15) is 0 Å². The summed E-state index contributed by atoms with van der Waals surface area (Å²) in [5, 5.41) is 3.08. The highest BCUT2D eigenvalue weighted by Gasteiger charge is 1.88. The number of halogens is 1. The van der Waals surface area contributed by atoms with Crippen LogP contribution in [0.1, 0.15) is 27.7 Å². The topological polar surface area (TPSA) is 0 Å². The molecule has 0 spiro atoms. The number of benzene rings is 1. The highest BCUT2D eigenvalue weighted by atomic mass is 35.5. The highest BCUT2D eigenvalue weighted by molar-refractivity contribution is 6.30. The third-order valence-corrected chi connectivity index (χ3v) is 2.00. The quantitative estimate of drug-likeness (QED) is 0.682. The Bertz CT molecular complexity index is 427. The second kappa shape index (κ2) is 7.30. The molecule has 0 amide bonds. The summed E-state index contributed by atoms with van der Waals surface area (Å²) in [5.41, 5.74) is 1.03. The molecule has 0 heterocycles. The summed E-state index contributed by atoms with van der Waals surface area (Å²) in [7, 11) is 0. The summed E-state index contributed by atoms with van der Waals surface area (Å²) in [6, 6.07) is 5.86. The molecule has 15 heavy (non-hydrogen) atoms. The van der Waals surface area contributed by atoms with Crippen LogP contribution in [0.3, 0.4) is 0 Å². The zero-order chi connectivity index (χ0) is 11.8. The van der Waals surface area contributed by atoms with Gasteiger partial charge in [0.15, 0.2) is 0 Å². The molecule has 82 valence electrons. The van der Waals surface area contributed by atoms with E-state index in [0.717, 1.165) is 15.8 Å². The van der Waals surface area contributed by atoms with Crippen LogP contribution in [0.25, 0.3) is 12.2 Å². The predicted molar refractivity (Wildman–Crippen MR) is 71.5 cm³/mol. The van der Waals surface area contributed by atoms with E-state index in [-0.39, 0.29) is 0 Å². The number of hydrogen-bond donors (Lipinski definition) is 0. The molecule has 1 aromatic carbocycles. The molecule has 0 aliphatic carbocycles. The van der Waals surface area contributed by atoms with Gasteiger partial charge >= 0.3 is 0 Å². The van der Waals surface area contributed by atoms with Gasteiger partial charge in [-0.2, -0.15) is 0 Å². The van der Waals surface area contributed by atoms with Crippen LogP contribution in [0.2, 0.25) is 5.02 Å². The fourth-order valence-electron chi connectivity index (χ4n) is 1.20. The SMILES string of the molecule is C=C(C)/C=c1/cc(Cl)cc/c1=C/C.CC. The lowest BCUT2D eigenvalue weighted by Gasteiger charge is -1.93. The monoisotopic (exact) mass is 222 g/mol. The van der Waals surface area contributed by atoms with Gasteiger partial charge in [0, 0.05) is 5.02 Å². The minimum Gasteiger partial charge on any atom is -0.0961 e. The molecule has 0 nitrogen and oxygen atoms in total. The minimum atomic E-state index is 0.762. The second-order valence-electron chi connectivity index (χ2n) is 3.05. The molecular formula is C14H19Cl. The van der Waals surface area contributed by atoms with Gasteiger partial charge in [-0.3, -0.25) is 0 Å². The lowest BCUT2D eigenvalue weighted by molar-refractivity contribution is 1.48. The van der Waals surface area contributed by atoms with Crippen molar-refractivity contribution in [2.24, 2.45) is 0 Å². The van der Waals surface area contributed by atoms with Crippen LogP contribution in [0.4, 0.5) is 0 Å². The summed E-state index contributed by atoms with van der Waals surface area (Å²) >= 11 is 5.89. The summed E-state index contributed by atoms with van der Waals surface area (Å²) < 4.78 is 0. The van der Waals surface area contributed by atoms with Crippen LogP contribution in [0.5, 0.6) is 0 Å². The van der Waals surface area contributed by atoms with E-state index in [1.807, 2.05) is 52.0 Å². The molecule has 0 atom stereocenters. The Kier molecular flexibility index (Phi) is 6.81. The third kappa shape index (κ3) is 4.85. The van der Waals surface area contributed by atoms with Crippen LogP contribution in [-0.2, 0) is 0 Å². The molecule has 1 heteroatoms. The zero-order valence-corrected chi connectivity index (χ0v) is 10.7. The maximum atomic E-state index is 5.89. The van der Waals surface area contributed by atoms with Gasteiger partial charge in [0.25, 0.3) is 0 Å². The molecule has 0 aliphatic rings. The molecule has 0 saturated carbocycles. The predicted octanol–water partition coefficient (Wildman–Crippen LogP) is 3.52. The van der Waals surface area contributed by atoms with Crippen LogP contribution in [-0.4, -0.2) is 0 Å². The Hall–Kier alpha value is -1.01. The molecule has 1 aromatic rings. The molecule has 0 fully saturated rings. The normalized spacial score (nSPS) is 12.1. The van der Waals surface area contributed by atoms with E-state index in [2.05, 4.69) is 12.7 Å². The van der Waals surface area contributed by atoms with E-state index in [0.29, 0.717) is 0 Å². The van der Waals surface area contributed by atoms with Gasteiger partial charge in [-0.25, -0.2) is 0 Å². The van der Waals surface area contributed by atoms with E-state index < -0.39 is 0 Å². The van der Waals surface area contributed by atoms with Gasteiger partial charge in [-0.15, -0.1) is 0 Å². The smallest absolute Gasteiger partial charge is 0.0412 e. The molecule has 0 saturated heterocycles. The van der Waals surface area contributed by atoms with Crippen molar-refractivity contribution in [3.05, 3.63) is 45.8 Å². The summed E-state index contributed by atoms with van der Waals surface area (Å²) in [6.45, 7) is 11.8. The van der Waals surface area contributed by atoms with Crippen molar-refractivity contribution >= 4 is 23.8 Å². The Morgan fingerprint density at radius 1 is 1.27 bits per heavy atom. The van der Waals surface area contributed by atoms with E-state index in [1.165, 1.54) is 5.22 Å². The average Bonchev–Trinajstić information content (AvgIpc) is 2.20. The first-order valence-corrected chi connectivity index (χ1v) is 5.60. The number of rotatable bonds is 1. The third-order valence-electron chi connectivity index (χ3n) is 1.76. The second-order valence-corrected chi connectivity index (χ2v) is 3.49. The van der Waals surface area contributed by atoms with Gasteiger partial charge in [0.2, 0.25) is 0 Å². The first kappa shape index (κ1) is 14.0. The Balaban J connectivity index is 0.000000921. The van der Waals surface area contributed by atoms with Gasteiger partial charge < -0.3 is 0 Å². The molecule has 0 unspecified atom stereocenters. The average molecular weight is 223 g/mol. The molecule has 0 aliphatic heterocycles. The van der Waals surface area contributed by atoms with Crippen molar-refractivity contribution in [3.63, 3.8) is 0 Å². The largest absolute Gasteiger partial charge is 0.0961 e. The Morgan fingerprint density at radius 2 is 1.87 bits per heavy atom. The van der Waals surface area contributed by atoms with Crippen molar-refractivity contribution in [3.8, 4) is 0 Å². The standard InChI is InChI=1S/C12H13Cl.C2H6/c1-4-10-5-6-12(13)8-11(10)7-9(2)3;1-2/h4-8H,2H2,1,3H3;1-2H3/b10-4-,11-7-;. The summed E-state index contributed by atoms with van der Waals surface area (Å²) in [6.07, 6.45) is 4.09. The van der Waals surface area contributed by atoms with E-state index in [4.69, 9.17) is 11.6 Å². The molecule has 0 radical (unpaired) electrons. The summed E-state index contributed by atoms with van der Waals surface area (Å²) in [4.78, 5) is 0. The fourth-order valence-corrected chi connectivity index (χ4v) is 1.38.